The first-order chi connectivity index (χ1) is 12.4. The second kappa shape index (κ2) is 6.16. The van der Waals surface area contributed by atoms with Crippen molar-refractivity contribution in [1.29, 1.82) is 0 Å². The molecule has 26 heavy (non-hydrogen) atoms. The zero-order valence-electron chi connectivity index (χ0n) is 14.8. The van der Waals surface area contributed by atoms with Crippen LogP contribution in [0.3, 0.4) is 0 Å². The van der Waals surface area contributed by atoms with Crippen molar-refractivity contribution in [2.45, 2.75) is 38.8 Å². The van der Waals surface area contributed by atoms with E-state index in [9.17, 15) is 14.0 Å². The van der Waals surface area contributed by atoms with Crippen molar-refractivity contribution in [2.24, 2.45) is 0 Å². The Hall–Kier alpha value is -2.28. The third-order valence-electron chi connectivity index (χ3n) is 5.19. The fraction of sp³-hybridized carbons (Fsp3) is 0.474. The first-order valence-corrected chi connectivity index (χ1v) is 8.94. The highest BCUT2D eigenvalue weighted by atomic mass is 19.1. The first kappa shape index (κ1) is 17.1. The minimum absolute atomic E-state index is 0.0215. The minimum atomic E-state index is -0.760. The van der Waals surface area contributed by atoms with E-state index in [4.69, 9.17) is 0 Å². The van der Waals surface area contributed by atoms with E-state index in [1.807, 2.05) is 6.92 Å². The number of Topliss-reactive ketones (excluding diaryl/α,β-unsaturated/α-hetero) is 1. The molecule has 0 bridgehead atoms. The highest BCUT2D eigenvalue weighted by molar-refractivity contribution is 5.98. The molecule has 1 aliphatic heterocycles. The van der Waals surface area contributed by atoms with E-state index < -0.39 is 22.8 Å². The van der Waals surface area contributed by atoms with E-state index in [-0.39, 0.29) is 34.2 Å². The first-order valence-electron chi connectivity index (χ1n) is 8.94. The molecule has 0 radical (unpaired) electrons. The maximum atomic E-state index is 15.5. The van der Waals surface area contributed by atoms with Crippen LogP contribution in [-0.4, -0.2) is 36.0 Å². The van der Waals surface area contributed by atoms with Crippen LogP contribution in [0, 0.1) is 11.6 Å². The van der Waals surface area contributed by atoms with Crippen LogP contribution in [0.5, 0.6) is 0 Å². The number of carbonyl (C=O) groups is 1. The summed E-state index contributed by atoms with van der Waals surface area (Å²) in [6.45, 7) is 4.86. The van der Waals surface area contributed by atoms with E-state index >= 15 is 4.39 Å². The number of fused-ring (bicyclic) bond motifs is 1. The van der Waals surface area contributed by atoms with Crippen molar-refractivity contribution < 1.29 is 13.6 Å². The summed E-state index contributed by atoms with van der Waals surface area (Å²) in [7, 11) is 0. The summed E-state index contributed by atoms with van der Waals surface area (Å²) in [5.74, 6) is -1.87. The molecule has 1 aliphatic carbocycles. The fourth-order valence-corrected chi connectivity index (χ4v) is 3.75. The van der Waals surface area contributed by atoms with Crippen LogP contribution in [0.1, 0.15) is 43.1 Å². The fourth-order valence-electron chi connectivity index (χ4n) is 3.75. The number of hydrogen-bond donors (Lipinski definition) is 1. The molecule has 1 aromatic carbocycles. The maximum absolute atomic E-state index is 15.5. The molecule has 2 fully saturated rings. The summed E-state index contributed by atoms with van der Waals surface area (Å²) in [4.78, 5) is 26.1. The van der Waals surface area contributed by atoms with Crippen LogP contribution in [0.15, 0.2) is 17.1 Å². The Balaban J connectivity index is 2.00. The third kappa shape index (κ3) is 2.70. The molecule has 2 aliphatic rings. The number of pyridine rings is 1. The van der Waals surface area contributed by atoms with Crippen LogP contribution in [-0.2, 0) is 0 Å². The molecule has 1 aromatic heterocycles. The number of ketones is 1. The van der Waals surface area contributed by atoms with Gasteiger partial charge in [0.15, 0.2) is 17.0 Å². The van der Waals surface area contributed by atoms with Gasteiger partial charge in [-0.25, -0.2) is 8.78 Å². The molecule has 1 saturated heterocycles. The van der Waals surface area contributed by atoms with Gasteiger partial charge >= 0.3 is 0 Å². The van der Waals surface area contributed by atoms with Gasteiger partial charge in [-0.3, -0.25) is 9.59 Å². The number of piperazine rings is 1. The van der Waals surface area contributed by atoms with Gasteiger partial charge in [-0.05, 0) is 32.8 Å². The summed E-state index contributed by atoms with van der Waals surface area (Å²) in [6, 6.07) is 1.25. The molecule has 1 unspecified atom stereocenters. The number of hydrogen-bond acceptors (Lipinski definition) is 4. The average molecular weight is 361 g/mol. The quantitative estimate of drug-likeness (QED) is 0.854. The third-order valence-corrected chi connectivity index (χ3v) is 5.19. The van der Waals surface area contributed by atoms with Gasteiger partial charge in [0.2, 0.25) is 0 Å². The smallest absolute Gasteiger partial charge is 0.200 e. The highest BCUT2D eigenvalue weighted by Gasteiger charge is 2.31. The van der Waals surface area contributed by atoms with Crippen LogP contribution >= 0.6 is 0 Å². The number of halogens is 2. The lowest BCUT2D eigenvalue weighted by Crippen LogP contribution is -2.49. The molecule has 4 rings (SSSR count). The molecule has 2 aromatic rings. The normalized spacial score (nSPS) is 20.6. The molecular weight excluding hydrogens is 340 g/mol. The zero-order valence-corrected chi connectivity index (χ0v) is 14.8. The van der Waals surface area contributed by atoms with E-state index in [0.717, 1.165) is 18.9 Å². The average Bonchev–Trinajstić information content (AvgIpc) is 3.40. The number of aromatic nitrogens is 1. The Labute approximate surface area is 149 Å². The summed E-state index contributed by atoms with van der Waals surface area (Å²) < 4.78 is 31.9. The van der Waals surface area contributed by atoms with Crippen molar-refractivity contribution >= 4 is 22.4 Å². The van der Waals surface area contributed by atoms with E-state index in [1.165, 1.54) is 13.1 Å². The van der Waals surface area contributed by atoms with Gasteiger partial charge in [0, 0.05) is 37.9 Å². The number of rotatable bonds is 3. The van der Waals surface area contributed by atoms with Crippen molar-refractivity contribution in [3.63, 3.8) is 0 Å². The van der Waals surface area contributed by atoms with Crippen molar-refractivity contribution in [3.8, 4) is 0 Å². The highest BCUT2D eigenvalue weighted by Crippen LogP contribution is 2.39. The van der Waals surface area contributed by atoms with E-state index in [2.05, 4.69) is 5.32 Å². The van der Waals surface area contributed by atoms with Gasteiger partial charge in [-0.15, -0.1) is 0 Å². The molecule has 7 heteroatoms. The van der Waals surface area contributed by atoms with Crippen molar-refractivity contribution in [1.82, 2.24) is 9.88 Å². The number of nitrogens with zero attached hydrogens (tertiary/aromatic N) is 2. The maximum Gasteiger partial charge on any atom is 0.200 e. The molecule has 0 amide bonds. The van der Waals surface area contributed by atoms with E-state index in [1.54, 1.807) is 9.47 Å². The Morgan fingerprint density at radius 2 is 2.04 bits per heavy atom. The topological polar surface area (TPSA) is 54.3 Å². The molecule has 1 atom stereocenters. The predicted octanol–water partition coefficient (Wildman–Crippen LogP) is 2.62. The number of anilines is 1. The van der Waals surface area contributed by atoms with Gasteiger partial charge in [-0.2, -0.15) is 0 Å². The Bertz CT molecular complexity index is 966. The molecular formula is C19H21F2N3O2. The SMILES string of the molecule is CC(=O)c1cn(C2CC2)c2c(F)c(N3CCNC(C)C3)c(F)cc2c1=O. The Morgan fingerprint density at radius 1 is 1.31 bits per heavy atom. The molecule has 2 heterocycles. The Morgan fingerprint density at radius 3 is 2.65 bits per heavy atom. The summed E-state index contributed by atoms with van der Waals surface area (Å²) >= 11 is 0. The molecule has 5 nitrogen and oxygen atoms in total. The minimum Gasteiger partial charge on any atom is -0.364 e. The van der Waals surface area contributed by atoms with Gasteiger partial charge in [0.05, 0.1) is 16.5 Å². The summed E-state index contributed by atoms with van der Waals surface area (Å²) in [6.07, 6.45) is 3.15. The van der Waals surface area contributed by atoms with Gasteiger partial charge in [0.25, 0.3) is 0 Å². The molecule has 138 valence electrons. The molecule has 1 N–H and O–H groups in total. The number of nitrogens with one attached hydrogen (secondary N) is 1. The van der Waals surface area contributed by atoms with Crippen molar-refractivity contribution in [3.05, 3.63) is 39.7 Å². The number of carbonyl (C=O) groups excluding carboxylic acids is 1. The second-order valence-electron chi connectivity index (χ2n) is 7.28. The van der Waals surface area contributed by atoms with Crippen LogP contribution in [0.4, 0.5) is 14.5 Å². The Kier molecular flexibility index (Phi) is 4.06. The summed E-state index contributed by atoms with van der Waals surface area (Å²) in [5, 5.41) is 3.18. The van der Waals surface area contributed by atoms with E-state index in [0.29, 0.717) is 19.6 Å². The summed E-state index contributed by atoms with van der Waals surface area (Å²) in [5.41, 5.74) is -0.616. The zero-order chi connectivity index (χ0) is 18.6. The lowest BCUT2D eigenvalue weighted by atomic mass is 10.1. The van der Waals surface area contributed by atoms with Gasteiger partial charge in [0.1, 0.15) is 11.5 Å². The monoisotopic (exact) mass is 361 g/mol. The standard InChI is InChI=1S/C19H21F2N3O2/c1-10-8-23(6-5-22-10)18-15(20)7-13-17(16(18)21)24(12-3-4-12)9-14(11(2)25)19(13)26/h7,9-10,12,22H,3-6,8H2,1-2H3. The van der Waals surface area contributed by atoms with Crippen LogP contribution in [0.25, 0.3) is 10.9 Å². The van der Waals surface area contributed by atoms with Gasteiger partial charge < -0.3 is 14.8 Å². The van der Waals surface area contributed by atoms with Gasteiger partial charge in [-0.1, -0.05) is 0 Å². The van der Waals surface area contributed by atoms with Crippen LogP contribution < -0.4 is 15.6 Å². The lowest BCUT2D eigenvalue weighted by molar-refractivity contribution is 0.101. The molecule has 0 spiro atoms. The second-order valence-corrected chi connectivity index (χ2v) is 7.28. The number of benzene rings is 1. The van der Waals surface area contributed by atoms with Crippen LogP contribution in [0.2, 0.25) is 0 Å². The molecule has 1 saturated carbocycles. The lowest BCUT2D eigenvalue weighted by Gasteiger charge is -2.34. The predicted molar refractivity (Wildman–Crippen MR) is 96.1 cm³/mol. The largest absolute Gasteiger partial charge is 0.364 e. The van der Waals surface area contributed by atoms with Crippen molar-refractivity contribution in [2.75, 3.05) is 24.5 Å².